The molecular weight excluding hydrogens is 238 g/mol. The first kappa shape index (κ1) is 14.0. The Morgan fingerprint density at radius 3 is 2.79 bits per heavy atom. The normalized spacial score (nSPS) is 16.3. The second-order valence-corrected chi connectivity index (χ2v) is 5.42. The lowest BCUT2D eigenvalue weighted by Crippen LogP contribution is -2.37. The van der Waals surface area contributed by atoms with E-state index in [4.69, 9.17) is 0 Å². The number of hydrogen-bond acceptors (Lipinski definition) is 3. The molecular formula is C15H23N3O. The molecule has 1 heterocycles. The number of carbonyl (C=O) groups excluding carboxylic acids is 1. The maximum Gasteiger partial charge on any atom is 0.234 e. The number of carbonyl (C=O) groups is 1. The number of aryl methyl sites for hydroxylation is 1. The van der Waals surface area contributed by atoms with E-state index in [1.165, 1.54) is 32.1 Å². The Balaban J connectivity index is 1.64. The number of hydrazine groups is 1. The summed E-state index contributed by atoms with van der Waals surface area (Å²) in [6.45, 7) is 2.58. The van der Waals surface area contributed by atoms with E-state index in [0.29, 0.717) is 18.9 Å². The molecule has 0 atom stereocenters. The molecule has 2 N–H and O–H groups in total. The van der Waals surface area contributed by atoms with Crippen molar-refractivity contribution in [3.8, 4) is 0 Å². The molecule has 1 saturated carbocycles. The van der Waals surface area contributed by atoms with Crippen molar-refractivity contribution >= 4 is 5.91 Å². The summed E-state index contributed by atoms with van der Waals surface area (Å²) in [5, 5.41) is 0. The van der Waals surface area contributed by atoms with Gasteiger partial charge in [0.15, 0.2) is 0 Å². The van der Waals surface area contributed by atoms with Gasteiger partial charge in [-0.1, -0.05) is 25.3 Å². The Bertz CT molecular complexity index is 396. The smallest absolute Gasteiger partial charge is 0.234 e. The molecule has 0 radical (unpaired) electrons. The van der Waals surface area contributed by atoms with E-state index in [0.717, 1.165) is 11.3 Å². The first-order chi connectivity index (χ1) is 9.24. The van der Waals surface area contributed by atoms with Crippen molar-refractivity contribution in [3.63, 3.8) is 0 Å². The Labute approximate surface area is 115 Å². The van der Waals surface area contributed by atoms with E-state index >= 15 is 0 Å². The summed E-state index contributed by atoms with van der Waals surface area (Å²) in [5.74, 6) is 0.684. The third kappa shape index (κ3) is 4.99. The molecule has 1 aliphatic rings. The Kier molecular flexibility index (Phi) is 5.33. The first-order valence-corrected chi connectivity index (χ1v) is 7.17. The van der Waals surface area contributed by atoms with Gasteiger partial charge in [0, 0.05) is 24.9 Å². The van der Waals surface area contributed by atoms with Crippen molar-refractivity contribution in [1.29, 1.82) is 0 Å². The molecule has 0 bridgehead atoms. The molecule has 0 saturated heterocycles. The zero-order valence-electron chi connectivity index (χ0n) is 11.6. The number of hydrogen-bond donors (Lipinski definition) is 2. The maximum atomic E-state index is 11.8. The molecule has 1 fully saturated rings. The highest BCUT2D eigenvalue weighted by molar-refractivity contribution is 5.75. The minimum absolute atomic E-state index is 0.104. The summed E-state index contributed by atoms with van der Waals surface area (Å²) in [5.41, 5.74) is 7.82. The minimum Gasteiger partial charge on any atom is -0.291 e. The fraction of sp³-hybridized carbons (Fsp3) is 0.600. The highest BCUT2D eigenvalue weighted by Crippen LogP contribution is 2.25. The lowest BCUT2D eigenvalue weighted by Gasteiger charge is -2.20. The minimum atomic E-state index is 0.104. The summed E-state index contributed by atoms with van der Waals surface area (Å²) in [4.78, 5) is 16.0. The van der Waals surface area contributed by atoms with Gasteiger partial charge in [-0.2, -0.15) is 0 Å². The van der Waals surface area contributed by atoms with E-state index < -0.39 is 0 Å². The van der Waals surface area contributed by atoms with Gasteiger partial charge in [0.25, 0.3) is 0 Å². The van der Waals surface area contributed by atoms with Crippen LogP contribution in [-0.2, 0) is 11.3 Å². The number of nitrogens with zero attached hydrogens (tertiary/aromatic N) is 1. The second-order valence-electron chi connectivity index (χ2n) is 5.42. The van der Waals surface area contributed by atoms with Crippen molar-refractivity contribution in [3.05, 3.63) is 29.6 Å². The topological polar surface area (TPSA) is 54.0 Å². The number of pyridine rings is 1. The number of amides is 1. The van der Waals surface area contributed by atoms with Gasteiger partial charge in [0.2, 0.25) is 5.91 Å². The van der Waals surface area contributed by atoms with Crippen molar-refractivity contribution in [2.45, 2.75) is 52.0 Å². The van der Waals surface area contributed by atoms with Gasteiger partial charge in [-0.15, -0.1) is 0 Å². The number of rotatable bonds is 5. The highest BCUT2D eigenvalue weighted by Gasteiger charge is 2.16. The Morgan fingerprint density at radius 1 is 1.32 bits per heavy atom. The zero-order valence-corrected chi connectivity index (χ0v) is 11.6. The van der Waals surface area contributed by atoms with E-state index in [-0.39, 0.29) is 5.91 Å². The molecule has 2 rings (SSSR count). The van der Waals surface area contributed by atoms with Crippen molar-refractivity contribution in [2.75, 3.05) is 0 Å². The van der Waals surface area contributed by atoms with E-state index in [9.17, 15) is 4.79 Å². The fourth-order valence-electron chi connectivity index (χ4n) is 2.55. The van der Waals surface area contributed by atoms with Crippen LogP contribution in [0.1, 0.15) is 49.8 Å². The fourth-order valence-corrected chi connectivity index (χ4v) is 2.55. The van der Waals surface area contributed by atoms with E-state index in [1.54, 1.807) is 0 Å². The zero-order chi connectivity index (χ0) is 13.5. The average molecular weight is 261 g/mol. The quantitative estimate of drug-likeness (QED) is 0.801. The van der Waals surface area contributed by atoms with Gasteiger partial charge in [-0.05, 0) is 37.3 Å². The van der Waals surface area contributed by atoms with Crippen LogP contribution >= 0.6 is 0 Å². The highest BCUT2D eigenvalue weighted by atomic mass is 16.2. The molecule has 1 amide bonds. The van der Waals surface area contributed by atoms with Crippen molar-refractivity contribution in [1.82, 2.24) is 15.8 Å². The SMILES string of the molecule is Cc1ccc(CNNC(=O)CC2CCCCC2)cn1. The van der Waals surface area contributed by atoms with Crippen LogP contribution in [0.5, 0.6) is 0 Å². The standard InChI is InChI=1S/C15H23N3O/c1-12-7-8-14(10-16-12)11-17-18-15(19)9-13-5-3-2-4-6-13/h7-8,10,13,17H,2-6,9,11H2,1H3,(H,18,19). The predicted octanol–water partition coefficient (Wildman–Crippen LogP) is 2.48. The number of aromatic nitrogens is 1. The van der Waals surface area contributed by atoms with Crippen LogP contribution < -0.4 is 10.9 Å². The summed E-state index contributed by atoms with van der Waals surface area (Å²) in [7, 11) is 0. The third-order valence-electron chi connectivity index (χ3n) is 3.69. The van der Waals surface area contributed by atoms with E-state index in [2.05, 4.69) is 15.8 Å². The van der Waals surface area contributed by atoms with Crippen molar-refractivity contribution in [2.24, 2.45) is 5.92 Å². The maximum absolute atomic E-state index is 11.8. The third-order valence-corrected chi connectivity index (χ3v) is 3.69. The van der Waals surface area contributed by atoms with Crippen LogP contribution in [-0.4, -0.2) is 10.9 Å². The Hall–Kier alpha value is -1.42. The molecule has 19 heavy (non-hydrogen) atoms. The molecule has 104 valence electrons. The monoisotopic (exact) mass is 261 g/mol. The van der Waals surface area contributed by atoms with Gasteiger partial charge in [-0.25, -0.2) is 5.43 Å². The van der Waals surface area contributed by atoms with E-state index in [1.807, 2.05) is 25.3 Å². The molecule has 4 nitrogen and oxygen atoms in total. The molecule has 1 aliphatic carbocycles. The Morgan fingerprint density at radius 2 is 2.11 bits per heavy atom. The summed E-state index contributed by atoms with van der Waals surface area (Å²) in [6.07, 6.45) is 8.77. The first-order valence-electron chi connectivity index (χ1n) is 7.17. The summed E-state index contributed by atoms with van der Waals surface area (Å²) in [6, 6.07) is 3.99. The molecule has 0 aliphatic heterocycles. The molecule has 4 heteroatoms. The van der Waals surface area contributed by atoms with Crippen LogP contribution in [0.25, 0.3) is 0 Å². The summed E-state index contributed by atoms with van der Waals surface area (Å²) >= 11 is 0. The van der Waals surface area contributed by atoms with Gasteiger partial charge in [0.05, 0.1) is 0 Å². The predicted molar refractivity (Wildman–Crippen MR) is 75.1 cm³/mol. The van der Waals surface area contributed by atoms with Crippen LogP contribution in [0.15, 0.2) is 18.3 Å². The van der Waals surface area contributed by atoms with Crippen LogP contribution in [0, 0.1) is 12.8 Å². The van der Waals surface area contributed by atoms with Gasteiger partial charge in [-0.3, -0.25) is 15.2 Å². The van der Waals surface area contributed by atoms with Gasteiger partial charge < -0.3 is 0 Å². The second kappa shape index (κ2) is 7.24. The van der Waals surface area contributed by atoms with Gasteiger partial charge >= 0.3 is 0 Å². The lowest BCUT2D eigenvalue weighted by molar-refractivity contribution is -0.123. The van der Waals surface area contributed by atoms with Crippen LogP contribution in [0.3, 0.4) is 0 Å². The van der Waals surface area contributed by atoms with Gasteiger partial charge in [0.1, 0.15) is 0 Å². The number of nitrogens with one attached hydrogen (secondary N) is 2. The average Bonchev–Trinajstić information content (AvgIpc) is 2.42. The summed E-state index contributed by atoms with van der Waals surface area (Å²) < 4.78 is 0. The molecule has 0 aromatic carbocycles. The van der Waals surface area contributed by atoms with Crippen LogP contribution in [0.2, 0.25) is 0 Å². The lowest BCUT2D eigenvalue weighted by atomic mass is 9.87. The molecule has 1 aromatic heterocycles. The molecule has 0 spiro atoms. The largest absolute Gasteiger partial charge is 0.291 e. The van der Waals surface area contributed by atoms with Crippen LogP contribution in [0.4, 0.5) is 0 Å². The molecule has 0 unspecified atom stereocenters. The van der Waals surface area contributed by atoms with Crippen molar-refractivity contribution < 1.29 is 4.79 Å². The molecule has 1 aromatic rings.